The molecule has 3 rings (SSSR count). The van der Waals surface area contributed by atoms with Crippen molar-refractivity contribution in [2.75, 3.05) is 19.7 Å². The van der Waals surface area contributed by atoms with Gasteiger partial charge in [0.1, 0.15) is 6.61 Å². The molecule has 2 fully saturated rings. The van der Waals surface area contributed by atoms with Crippen LogP contribution in [-0.4, -0.2) is 43.5 Å². The normalized spacial score (nSPS) is 27.5. The molecule has 2 saturated heterocycles. The monoisotopic (exact) mass is 265 g/mol. The van der Waals surface area contributed by atoms with Crippen molar-refractivity contribution in [1.29, 1.82) is 0 Å². The van der Waals surface area contributed by atoms with E-state index in [9.17, 15) is 4.79 Å². The standard InChI is InChI=1S/C8H8O2.C6H11NO2/c9-7-10-6-8-4-2-1-3-5-8;8-3-4-1-7-2-5-6(4)9-5/h1-5,7H,6H2;4-8H,1-3H2. The lowest BCUT2D eigenvalue weighted by atomic mass is 10.0. The largest absolute Gasteiger partial charge is 0.463 e. The maximum absolute atomic E-state index is 9.76. The molecule has 2 heterocycles. The Morgan fingerprint density at radius 3 is 2.79 bits per heavy atom. The number of benzene rings is 1. The van der Waals surface area contributed by atoms with Gasteiger partial charge in [-0.15, -0.1) is 0 Å². The molecule has 5 heteroatoms. The minimum Gasteiger partial charge on any atom is -0.463 e. The van der Waals surface area contributed by atoms with E-state index in [1.54, 1.807) is 0 Å². The third-order valence-corrected chi connectivity index (χ3v) is 3.23. The van der Waals surface area contributed by atoms with E-state index in [0.717, 1.165) is 18.7 Å². The number of ether oxygens (including phenoxy) is 2. The molecule has 0 bridgehead atoms. The zero-order valence-electron chi connectivity index (χ0n) is 10.7. The minimum atomic E-state index is 0.258. The summed E-state index contributed by atoms with van der Waals surface area (Å²) in [6.45, 7) is 2.96. The van der Waals surface area contributed by atoms with Gasteiger partial charge < -0.3 is 19.9 Å². The number of hydrogen-bond donors (Lipinski definition) is 2. The highest BCUT2D eigenvalue weighted by atomic mass is 16.6. The summed E-state index contributed by atoms with van der Waals surface area (Å²) in [5, 5.41) is 12.0. The number of piperidine rings is 1. The first kappa shape index (κ1) is 14.0. The molecule has 0 saturated carbocycles. The number of aliphatic hydroxyl groups is 1. The Morgan fingerprint density at radius 2 is 2.16 bits per heavy atom. The number of rotatable bonds is 4. The SMILES string of the molecule is O=COCc1ccccc1.OCC1CNCC2OC12. The maximum atomic E-state index is 9.76. The van der Waals surface area contributed by atoms with Crippen LogP contribution in [-0.2, 0) is 20.9 Å². The van der Waals surface area contributed by atoms with Crippen LogP contribution in [0, 0.1) is 5.92 Å². The van der Waals surface area contributed by atoms with Crippen LogP contribution in [0.2, 0.25) is 0 Å². The highest BCUT2D eigenvalue weighted by molar-refractivity contribution is 5.37. The number of carbonyl (C=O) groups excluding carboxylic acids is 1. The van der Waals surface area contributed by atoms with Crippen LogP contribution < -0.4 is 5.32 Å². The Hall–Kier alpha value is -1.43. The molecule has 1 aromatic rings. The first-order valence-electron chi connectivity index (χ1n) is 6.41. The van der Waals surface area contributed by atoms with Gasteiger partial charge in [-0.25, -0.2) is 0 Å². The first-order chi connectivity index (χ1) is 9.35. The summed E-state index contributed by atoms with van der Waals surface area (Å²) in [7, 11) is 0. The van der Waals surface area contributed by atoms with Gasteiger partial charge in [0.2, 0.25) is 0 Å². The minimum absolute atomic E-state index is 0.258. The smallest absolute Gasteiger partial charge is 0.293 e. The molecule has 2 aliphatic rings. The molecule has 0 aliphatic carbocycles. The second-order valence-electron chi connectivity index (χ2n) is 4.63. The lowest BCUT2D eigenvalue weighted by Gasteiger charge is -2.15. The molecular weight excluding hydrogens is 246 g/mol. The highest BCUT2D eigenvalue weighted by Crippen LogP contribution is 2.31. The highest BCUT2D eigenvalue weighted by Gasteiger charge is 2.46. The first-order valence-corrected chi connectivity index (χ1v) is 6.41. The maximum Gasteiger partial charge on any atom is 0.293 e. The van der Waals surface area contributed by atoms with Crippen molar-refractivity contribution >= 4 is 6.47 Å². The van der Waals surface area contributed by atoms with Crippen LogP contribution in [0.15, 0.2) is 30.3 Å². The number of aliphatic hydroxyl groups excluding tert-OH is 1. The van der Waals surface area contributed by atoms with E-state index >= 15 is 0 Å². The van der Waals surface area contributed by atoms with Gasteiger partial charge in [-0.05, 0) is 5.56 Å². The third-order valence-electron chi connectivity index (χ3n) is 3.23. The number of carbonyl (C=O) groups is 1. The van der Waals surface area contributed by atoms with Crippen LogP contribution >= 0.6 is 0 Å². The van der Waals surface area contributed by atoms with Gasteiger partial charge in [-0.2, -0.15) is 0 Å². The van der Waals surface area contributed by atoms with Gasteiger partial charge in [0.25, 0.3) is 6.47 Å². The summed E-state index contributed by atoms with van der Waals surface area (Å²) in [5.41, 5.74) is 1.01. The van der Waals surface area contributed by atoms with Gasteiger partial charge in [-0.3, -0.25) is 4.79 Å². The van der Waals surface area contributed by atoms with Crippen LogP contribution in [0.25, 0.3) is 0 Å². The van der Waals surface area contributed by atoms with E-state index in [1.165, 1.54) is 0 Å². The molecule has 2 aliphatic heterocycles. The summed E-state index contributed by atoms with van der Waals surface area (Å²) >= 11 is 0. The van der Waals surface area contributed by atoms with E-state index in [-0.39, 0.29) is 6.61 Å². The molecule has 0 spiro atoms. The van der Waals surface area contributed by atoms with Crippen molar-refractivity contribution in [3.05, 3.63) is 35.9 Å². The van der Waals surface area contributed by atoms with Crippen LogP contribution in [0.4, 0.5) is 0 Å². The molecule has 0 amide bonds. The van der Waals surface area contributed by atoms with Gasteiger partial charge in [0.15, 0.2) is 0 Å². The number of fused-ring (bicyclic) bond motifs is 1. The zero-order chi connectivity index (χ0) is 13.5. The van der Waals surface area contributed by atoms with Crippen molar-refractivity contribution in [2.45, 2.75) is 18.8 Å². The Labute approximate surface area is 112 Å². The summed E-state index contributed by atoms with van der Waals surface area (Å²) in [4.78, 5) is 9.76. The Kier molecular flexibility index (Phi) is 5.32. The lowest BCUT2D eigenvalue weighted by Crippen LogP contribution is -2.37. The fourth-order valence-corrected chi connectivity index (χ4v) is 2.14. The third kappa shape index (κ3) is 4.31. The predicted octanol–water partition coefficient (Wildman–Crippen LogP) is 0.325. The number of nitrogens with one attached hydrogen (secondary N) is 1. The summed E-state index contributed by atoms with van der Waals surface area (Å²) in [6.07, 6.45) is 0.784. The summed E-state index contributed by atoms with van der Waals surface area (Å²) < 4.78 is 9.80. The molecule has 5 nitrogen and oxygen atoms in total. The second-order valence-corrected chi connectivity index (χ2v) is 4.63. The quantitative estimate of drug-likeness (QED) is 0.606. The van der Waals surface area contributed by atoms with Crippen molar-refractivity contribution < 1.29 is 19.4 Å². The second kappa shape index (κ2) is 7.23. The van der Waals surface area contributed by atoms with Crippen molar-refractivity contribution in [2.24, 2.45) is 5.92 Å². The molecule has 104 valence electrons. The molecular formula is C14H19NO4. The van der Waals surface area contributed by atoms with E-state index < -0.39 is 0 Å². The van der Waals surface area contributed by atoms with Gasteiger partial charge in [0, 0.05) is 25.6 Å². The van der Waals surface area contributed by atoms with E-state index in [4.69, 9.17) is 9.84 Å². The van der Waals surface area contributed by atoms with E-state index in [1.807, 2.05) is 30.3 Å². The lowest BCUT2D eigenvalue weighted by molar-refractivity contribution is -0.129. The van der Waals surface area contributed by atoms with E-state index in [0.29, 0.717) is 31.2 Å². The molecule has 0 aromatic heterocycles. The summed E-state index contributed by atoms with van der Waals surface area (Å²) in [5.74, 6) is 0.351. The molecule has 0 radical (unpaired) electrons. The molecule has 3 atom stereocenters. The number of epoxide rings is 1. The van der Waals surface area contributed by atoms with Crippen LogP contribution in [0.5, 0.6) is 0 Å². The fraction of sp³-hybridized carbons (Fsp3) is 0.500. The van der Waals surface area contributed by atoms with Crippen molar-refractivity contribution in [3.63, 3.8) is 0 Å². The Morgan fingerprint density at radius 1 is 1.37 bits per heavy atom. The topological polar surface area (TPSA) is 71.1 Å². The number of hydrogen-bond acceptors (Lipinski definition) is 5. The zero-order valence-corrected chi connectivity index (χ0v) is 10.7. The average Bonchev–Trinajstić information content (AvgIpc) is 3.26. The van der Waals surface area contributed by atoms with Crippen LogP contribution in [0.3, 0.4) is 0 Å². The average molecular weight is 265 g/mol. The summed E-state index contributed by atoms with van der Waals surface area (Å²) in [6, 6.07) is 9.55. The Bertz CT molecular complexity index is 384. The Balaban J connectivity index is 0.000000141. The fourth-order valence-electron chi connectivity index (χ4n) is 2.14. The van der Waals surface area contributed by atoms with Gasteiger partial charge in [0.05, 0.1) is 12.2 Å². The molecule has 1 aromatic carbocycles. The van der Waals surface area contributed by atoms with Crippen molar-refractivity contribution in [1.82, 2.24) is 5.32 Å². The van der Waals surface area contributed by atoms with Crippen molar-refractivity contribution in [3.8, 4) is 0 Å². The van der Waals surface area contributed by atoms with Gasteiger partial charge >= 0.3 is 0 Å². The molecule has 2 N–H and O–H groups in total. The molecule has 3 unspecified atom stereocenters. The van der Waals surface area contributed by atoms with Gasteiger partial charge in [-0.1, -0.05) is 30.3 Å². The van der Waals surface area contributed by atoms with E-state index in [2.05, 4.69) is 10.1 Å². The predicted molar refractivity (Wildman–Crippen MR) is 69.4 cm³/mol. The molecule has 19 heavy (non-hydrogen) atoms. The van der Waals surface area contributed by atoms with Crippen LogP contribution in [0.1, 0.15) is 5.56 Å².